The van der Waals surface area contributed by atoms with Crippen molar-refractivity contribution in [1.82, 2.24) is 9.78 Å². The van der Waals surface area contributed by atoms with Gasteiger partial charge in [0.25, 0.3) is 0 Å². The molecule has 0 aliphatic carbocycles. The highest BCUT2D eigenvalue weighted by Gasteiger charge is 2.12. The van der Waals surface area contributed by atoms with Gasteiger partial charge >= 0.3 is 0 Å². The van der Waals surface area contributed by atoms with Crippen molar-refractivity contribution in [3.63, 3.8) is 0 Å². The van der Waals surface area contributed by atoms with Gasteiger partial charge in [0, 0.05) is 30.6 Å². The minimum Gasteiger partial charge on any atom is -0.392 e. The normalized spacial score (nSPS) is 12.7. The standard InChI is InChI=1S/C14H16ClFN2O/c1-9-5-12(18(2)17-9)8-13(19)6-10-3-4-11(16)7-14(10)15/h3-5,7,13,19H,6,8H2,1-2H3. The van der Waals surface area contributed by atoms with Crippen molar-refractivity contribution in [2.24, 2.45) is 7.05 Å². The van der Waals surface area contributed by atoms with Crippen LogP contribution in [0.1, 0.15) is 17.0 Å². The Morgan fingerprint density at radius 3 is 2.68 bits per heavy atom. The number of halogens is 2. The molecule has 5 heteroatoms. The summed E-state index contributed by atoms with van der Waals surface area (Å²) in [7, 11) is 1.85. The molecule has 0 aliphatic heterocycles. The van der Waals surface area contributed by atoms with Crippen LogP contribution in [0.15, 0.2) is 24.3 Å². The monoisotopic (exact) mass is 282 g/mol. The van der Waals surface area contributed by atoms with Crippen molar-refractivity contribution in [2.75, 3.05) is 0 Å². The largest absolute Gasteiger partial charge is 0.392 e. The van der Waals surface area contributed by atoms with Crippen molar-refractivity contribution in [3.8, 4) is 0 Å². The lowest BCUT2D eigenvalue weighted by Crippen LogP contribution is -2.16. The van der Waals surface area contributed by atoms with Gasteiger partial charge in [-0.25, -0.2) is 4.39 Å². The van der Waals surface area contributed by atoms with Gasteiger partial charge in [0.2, 0.25) is 0 Å². The van der Waals surface area contributed by atoms with E-state index >= 15 is 0 Å². The zero-order valence-electron chi connectivity index (χ0n) is 10.9. The number of aliphatic hydroxyl groups is 1. The van der Waals surface area contributed by atoms with Gasteiger partial charge in [-0.2, -0.15) is 5.10 Å². The topological polar surface area (TPSA) is 38.0 Å². The summed E-state index contributed by atoms with van der Waals surface area (Å²) in [5, 5.41) is 14.7. The average molecular weight is 283 g/mol. The molecule has 19 heavy (non-hydrogen) atoms. The summed E-state index contributed by atoms with van der Waals surface area (Å²) in [4.78, 5) is 0. The Morgan fingerprint density at radius 1 is 1.37 bits per heavy atom. The molecule has 2 aromatic rings. The first-order valence-electron chi connectivity index (χ1n) is 6.07. The fourth-order valence-corrected chi connectivity index (χ4v) is 2.35. The Bertz CT molecular complexity index is 583. The number of benzene rings is 1. The lowest BCUT2D eigenvalue weighted by Gasteiger charge is -2.12. The zero-order chi connectivity index (χ0) is 14.0. The first kappa shape index (κ1) is 14.0. The van der Waals surface area contributed by atoms with Crippen molar-refractivity contribution in [1.29, 1.82) is 0 Å². The van der Waals surface area contributed by atoms with Gasteiger partial charge in [-0.1, -0.05) is 17.7 Å². The molecule has 0 bridgehead atoms. The molecule has 0 radical (unpaired) electrons. The molecule has 0 aliphatic rings. The third-order valence-corrected chi connectivity index (χ3v) is 3.37. The number of hydrogen-bond acceptors (Lipinski definition) is 2. The van der Waals surface area contributed by atoms with E-state index < -0.39 is 6.10 Å². The summed E-state index contributed by atoms with van der Waals surface area (Å²) in [6, 6.07) is 6.16. The van der Waals surface area contributed by atoms with Crippen LogP contribution >= 0.6 is 11.6 Å². The van der Waals surface area contributed by atoms with E-state index in [2.05, 4.69) is 5.10 Å². The third-order valence-electron chi connectivity index (χ3n) is 3.01. The van der Waals surface area contributed by atoms with Crippen LogP contribution in [0.3, 0.4) is 0 Å². The Labute approximate surface area is 116 Å². The minimum absolute atomic E-state index is 0.347. The fourth-order valence-electron chi connectivity index (χ4n) is 2.11. The summed E-state index contributed by atoms with van der Waals surface area (Å²) >= 11 is 5.94. The maximum Gasteiger partial charge on any atom is 0.124 e. The molecular weight excluding hydrogens is 267 g/mol. The van der Waals surface area contributed by atoms with Crippen LogP contribution in [0, 0.1) is 12.7 Å². The van der Waals surface area contributed by atoms with E-state index in [4.69, 9.17) is 11.6 Å². The average Bonchev–Trinajstić information content (AvgIpc) is 2.61. The van der Waals surface area contributed by atoms with Crippen LogP contribution < -0.4 is 0 Å². The Kier molecular flexibility index (Phi) is 4.22. The highest BCUT2D eigenvalue weighted by molar-refractivity contribution is 6.31. The summed E-state index contributed by atoms with van der Waals surface area (Å²) in [6.07, 6.45) is 0.312. The maximum atomic E-state index is 12.9. The van der Waals surface area contributed by atoms with E-state index in [-0.39, 0.29) is 5.82 Å². The highest BCUT2D eigenvalue weighted by atomic mass is 35.5. The molecule has 0 fully saturated rings. The molecular formula is C14H16ClFN2O. The van der Waals surface area contributed by atoms with E-state index in [0.29, 0.717) is 17.9 Å². The minimum atomic E-state index is -0.572. The zero-order valence-corrected chi connectivity index (χ0v) is 11.7. The number of aryl methyl sites for hydroxylation is 2. The number of rotatable bonds is 4. The van der Waals surface area contributed by atoms with Crippen LogP contribution in [0.4, 0.5) is 4.39 Å². The Morgan fingerprint density at radius 2 is 2.11 bits per heavy atom. The predicted octanol–water partition coefficient (Wildman–Crippen LogP) is 2.67. The first-order valence-corrected chi connectivity index (χ1v) is 6.45. The Hall–Kier alpha value is -1.39. The SMILES string of the molecule is Cc1cc(CC(O)Cc2ccc(F)cc2Cl)n(C)n1. The molecule has 1 atom stereocenters. The van der Waals surface area contributed by atoms with Crippen LogP contribution in [-0.2, 0) is 19.9 Å². The molecule has 1 N–H and O–H groups in total. The van der Waals surface area contributed by atoms with Gasteiger partial charge in [0.1, 0.15) is 5.82 Å². The van der Waals surface area contributed by atoms with Crippen molar-refractivity contribution < 1.29 is 9.50 Å². The second-order valence-electron chi connectivity index (χ2n) is 4.70. The second kappa shape index (κ2) is 5.72. The van der Waals surface area contributed by atoms with E-state index in [1.165, 1.54) is 12.1 Å². The van der Waals surface area contributed by atoms with E-state index in [1.807, 2.05) is 20.0 Å². The molecule has 0 amide bonds. The lowest BCUT2D eigenvalue weighted by atomic mass is 10.0. The molecule has 1 aromatic heterocycles. The van der Waals surface area contributed by atoms with Crippen LogP contribution in [0.5, 0.6) is 0 Å². The summed E-state index contributed by atoms with van der Waals surface area (Å²) < 4.78 is 14.7. The summed E-state index contributed by atoms with van der Waals surface area (Å²) in [5.74, 6) is -0.370. The van der Waals surface area contributed by atoms with Gasteiger partial charge in [-0.15, -0.1) is 0 Å². The van der Waals surface area contributed by atoms with Crippen LogP contribution in [0.2, 0.25) is 5.02 Å². The van der Waals surface area contributed by atoms with Crippen molar-refractivity contribution in [2.45, 2.75) is 25.9 Å². The van der Waals surface area contributed by atoms with Crippen molar-refractivity contribution >= 4 is 11.6 Å². The number of aromatic nitrogens is 2. The molecule has 2 rings (SSSR count). The number of aliphatic hydroxyl groups excluding tert-OH is 1. The van der Waals surface area contributed by atoms with E-state index in [0.717, 1.165) is 17.0 Å². The maximum absolute atomic E-state index is 12.9. The quantitative estimate of drug-likeness (QED) is 0.936. The van der Waals surface area contributed by atoms with Gasteiger partial charge in [-0.05, 0) is 30.7 Å². The molecule has 0 saturated carbocycles. The van der Waals surface area contributed by atoms with Crippen molar-refractivity contribution in [3.05, 3.63) is 52.1 Å². The third kappa shape index (κ3) is 3.55. The van der Waals surface area contributed by atoms with Crippen LogP contribution in [0.25, 0.3) is 0 Å². The molecule has 1 aromatic carbocycles. The van der Waals surface area contributed by atoms with Crippen LogP contribution in [-0.4, -0.2) is 21.0 Å². The van der Waals surface area contributed by atoms with E-state index in [9.17, 15) is 9.50 Å². The molecule has 0 spiro atoms. The summed E-state index contributed by atoms with van der Waals surface area (Å²) in [6.45, 7) is 1.91. The van der Waals surface area contributed by atoms with Gasteiger partial charge in [-0.3, -0.25) is 4.68 Å². The second-order valence-corrected chi connectivity index (χ2v) is 5.11. The molecule has 102 valence electrons. The number of hydrogen-bond donors (Lipinski definition) is 1. The molecule has 1 unspecified atom stereocenters. The lowest BCUT2D eigenvalue weighted by molar-refractivity contribution is 0.173. The van der Waals surface area contributed by atoms with Gasteiger partial charge < -0.3 is 5.11 Å². The molecule has 3 nitrogen and oxygen atoms in total. The fraction of sp³-hybridized carbons (Fsp3) is 0.357. The number of nitrogens with zero attached hydrogens (tertiary/aromatic N) is 2. The molecule has 0 saturated heterocycles. The van der Waals surface area contributed by atoms with Gasteiger partial charge in [0.05, 0.1) is 11.8 Å². The predicted molar refractivity (Wildman–Crippen MR) is 72.8 cm³/mol. The highest BCUT2D eigenvalue weighted by Crippen LogP contribution is 2.20. The van der Waals surface area contributed by atoms with Gasteiger partial charge in [0.15, 0.2) is 0 Å². The summed E-state index contributed by atoms with van der Waals surface area (Å²) in [5.41, 5.74) is 2.63. The first-order chi connectivity index (χ1) is 8.95. The Balaban J connectivity index is 2.05. The smallest absolute Gasteiger partial charge is 0.124 e. The van der Waals surface area contributed by atoms with E-state index in [1.54, 1.807) is 10.7 Å². The molecule has 1 heterocycles.